The van der Waals surface area contributed by atoms with Crippen molar-refractivity contribution < 1.29 is 19.7 Å². The highest BCUT2D eigenvalue weighted by molar-refractivity contribution is 7.80. The molecule has 0 radical (unpaired) electrons. The lowest BCUT2D eigenvalue weighted by molar-refractivity contribution is 0.205. The zero-order chi connectivity index (χ0) is 22.5. The average Bonchev–Trinajstić information content (AvgIpc) is 3.15. The van der Waals surface area contributed by atoms with Crippen molar-refractivity contribution in [1.82, 2.24) is 14.8 Å². The van der Waals surface area contributed by atoms with E-state index in [-0.39, 0.29) is 11.5 Å². The molecule has 31 heavy (non-hydrogen) atoms. The van der Waals surface area contributed by atoms with Gasteiger partial charge in [-0.2, -0.15) is 0 Å². The molecule has 0 bridgehead atoms. The van der Waals surface area contributed by atoms with Crippen molar-refractivity contribution >= 4 is 18.3 Å². The molecule has 0 unspecified atom stereocenters. The summed E-state index contributed by atoms with van der Waals surface area (Å²) in [5.41, 5.74) is 2.83. The van der Waals surface area contributed by atoms with E-state index in [1.54, 1.807) is 24.9 Å². The van der Waals surface area contributed by atoms with Crippen molar-refractivity contribution in [3.05, 3.63) is 35.9 Å². The Morgan fingerprint density at radius 3 is 2.48 bits per heavy atom. The zero-order valence-electron chi connectivity index (χ0n) is 18.2. The van der Waals surface area contributed by atoms with E-state index < -0.39 is 0 Å². The summed E-state index contributed by atoms with van der Waals surface area (Å²) in [7, 11) is 3.31. The maximum absolute atomic E-state index is 10.5. The lowest BCUT2D eigenvalue weighted by atomic mass is 10.1. The quantitative estimate of drug-likeness (QED) is 0.434. The minimum absolute atomic E-state index is 0.0457. The largest absolute Gasteiger partial charge is 0.508 e. The van der Waals surface area contributed by atoms with Crippen LogP contribution in [0.3, 0.4) is 0 Å². The monoisotopic (exact) mass is 444 g/mol. The van der Waals surface area contributed by atoms with Gasteiger partial charge in [-0.05, 0) is 43.2 Å². The number of aromatic nitrogens is 3. The van der Waals surface area contributed by atoms with E-state index in [1.165, 1.54) is 6.07 Å². The Hall–Kier alpha value is -2.91. The van der Waals surface area contributed by atoms with Crippen LogP contribution in [0.25, 0.3) is 17.1 Å². The van der Waals surface area contributed by atoms with E-state index in [2.05, 4.69) is 34.6 Å². The highest BCUT2D eigenvalue weighted by atomic mass is 32.1. The van der Waals surface area contributed by atoms with E-state index in [4.69, 9.17) is 9.47 Å². The second kappa shape index (κ2) is 9.93. The predicted molar refractivity (Wildman–Crippen MR) is 123 cm³/mol. The molecule has 2 aromatic carbocycles. The molecule has 166 valence electrons. The minimum atomic E-state index is -0.0827. The van der Waals surface area contributed by atoms with E-state index in [0.717, 1.165) is 23.7 Å². The lowest BCUT2D eigenvalue weighted by Crippen LogP contribution is -2.27. The molecule has 2 N–H and O–H groups in total. The SMILES string of the molecule is CCc1cc(-c2nnc(S)n2-c2ccc(OC)c(N(CC)CCOC)c2)c(O)cc1O. The molecule has 0 amide bonds. The van der Waals surface area contributed by atoms with Crippen molar-refractivity contribution in [2.24, 2.45) is 0 Å². The van der Waals surface area contributed by atoms with Crippen LogP contribution in [-0.4, -0.2) is 58.9 Å². The first-order valence-corrected chi connectivity index (χ1v) is 10.5. The fourth-order valence-electron chi connectivity index (χ4n) is 3.49. The molecule has 8 nitrogen and oxygen atoms in total. The normalized spacial score (nSPS) is 11.0. The third-order valence-electron chi connectivity index (χ3n) is 5.17. The third-order valence-corrected chi connectivity index (χ3v) is 5.46. The number of ether oxygens (including phenoxy) is 2. The number of anilines is 1. The van der Waals surface area contributed by atoms with Gasteiger partial charge < -0.3 is 24.6 Å². The highest BCUT2D eigenvalue weighted by Gasteiger charge is 2.20. The number of phenols is 2. The van der Waals surface area contributed by atoms with E-state index in [9.17, 15) is 10.2 Å². The Morgan fingerprint density at radius 2 is 1.84 bits per heavy atom. The Balaban J connectivity index is 2.15. The van der Waals surface area contributed by atoms with Crippen LogP contribution in [0.2, 0.25) is 0 Å². The topological polar surface area (TPSA) is 92.9 Å². The van der Waals surface area contributed by atoms with Crippen molar-refractivity contribution in [3.8, 4) is 34.3 Å². The number of rotatable bonds is 9. The molecule has 9 heteroatoms. The molecule has 0 spiro atoms. The summed E-state index contributed by atoms with van der Waals surface area (Å²) in [6.45, 7) is 6.05. The number of nitrogens with zero attached hydrogens (tertiary/aromatic N) is 4. The third kappa shape index (κ3) is 4.57. The zero-order valence-corrected chi connectivity index (χ0v) is 19.1. The number of thiol groups is 1. The summed E-state index contributed by atoms with van der Waals surface area (Å²) >= 11 is 4.49. The fourth-order valence-corrected chi connectivity index (χ4v) is 3.74. The summed E-state index contributed by atoms with van der Waals surface area (Å²) < 4.78 is 12.6. The molecule has 0 atom stereocenters. The Labute approximate surface area is 187 Å². The van der Waals surface area contributed by atoms with Gasteiger partial charge in [-0.3, -0.25) is 4.57 Å². The van der Waals surface area contributed by atoms with Gasteiger partial charge in [0.1, 0.15) is 17.2 Å². The van der Waals surface area contributed by atoms with Gasteiger partial charge in [0, 0.05) is 26.3 Å². The summed E-state index contributed by atoms with van der Waals surface area (Å²) in [6, 6.07) is 8.79. The van der Waals surface area contributed by atoms with E-state index in [0.29, 0.717) is 41.7 Å². The number of methoxy groups -OCH3 is 2. The van der Waals surface area contributed by atoms with Crippen molar-refractivity contribution in [2.45, 2.75) is 25.4 Å². The van der Waals surface area contributed by atoms with Gasteiger partial charge in [0.15, 0.2) is 11.0 Å². The predicted octanol–water partition coefficient (Wildman–Crippen LogP) is 3.68. The first-order chi connectivity index (χ1) is 14.9. The number of hydrogen-bond acceptors (Lipinski definition) is 8. The Kier molecular flexibility index (Phi) is 7.29. The summed E-state index contributed by atoms with van der Waals surface area (Å²) in [4.78, 5) is 2.15. The number of hydrogen-bond donors (Lipinski definition) is 3. The maximum Gasteiger partial charge on any atom is 0.193 e. The van der Waals surface area contributed by atoms with E-state index >= 15 is 0 Å². The molecular weight excluding hydrogens is 416 g/mol. The van der Waals surface area contributed by atoms with Crippen molar-refractivity contribution in [1.29, 1.82) is 0 Å². The van der Waals surface area contributed by atoms with Crippen LogP contribution in [0, 0.1) is 0 Å². The molecule has 0 aliphatic rings. The first-order valence-electron chi connectivity index (χ1n) is 10.1. The molecule has 0 saturated carbocycles. The molecule has 3 aromatic rings. The van der Waals surface area contributed by atoms with Crippen molar-refractivity contribution in [3.63, 3.8) is 0 Å². The standard InChI is InChI=1S/C22H28N4O4S/c1-5-14-11-16(19(28)13-18(14)27)21-23-24-22(31)26(21)15-7-8-20(30-4)17(12-15)25(6-2)9-10-29-3/h7-8,11-13,27-28H,5-6,9-10H2,1-4H3,(H,24,31). The Morgan fingerprint density at radius 1 is 1.06 bits per heavy atom. The van der Waals surface area contributed by atoms with Gasteiger partial charge in [0.05, 0.1) is 30.7 Å². The van der Waals surface area contributed by atoms with Crippen molar-refractivity contribution in [2.75, 3.05) is 38.8 Å². The molecule has 0 aliphatic heterocycles. The number of likely N-dealkylation sites (N-methyl/N-ethyl adjacent to an activating group) is 1. The highest BCUT2D eigenvalue weighted by Crippen LogP contribution is 2.38. The summed E-state index contributed by atoms with van der Waals surface area (Å²) in [6.07, 6.45) is 0.610. The number of benzene rings is 2. The Bertz CT molecular complexity index is 1050. The van der Waals surface area contributed by atoms with Crippen LogP contribution in [0.1, 0.15) is 19.4 Å². The molecular formula is C22H28N4O4S. The molecule has 1 heterocycles. The molecule has 0 aliphatic carbocycles. The molecule has 1 aromatic heterocycles. The van der Waals surface area contributed by atoms with Gasteiger partial charge in [-0.15, -0.1) is 22.8 Å². The van der Waals surface area contributed by atoms with Gasteiger partial charge >= 0.3 is 0 Å². The van der Waals surface area contributed by atoms with Crippen LogP contribution in [0.5, 0.6) is 17.2 Å². The molecule has 3 rings (SSSR count). The average molecular weight is 445 g/mol. The van der Waals surface area contributed by atoms with Crippen LogP contribution >= 0.6 is 12.6 Å². The minimum Gasteiger partial charge on any atom is -0.508 e. The molecule has 0 fully saturated rings. The number of phenolic OH excluding ortho intramolecular Hbond substituents is 2. The maximum atomic E-state index is 10.5. The first kappa shape index (κ1) is 22.8. The van der Waals surface area contributed by atoms with E-state index in [1.807, 2.05) is 25.1 Å². The van der Waals surface area contributed by atoms with Gasteiger partial charge in [0.25, 0.3) is 0 Å². The van der Waals surface area contributed by atoms with Gasteiger partial charge in [0.2, 0.25) is 0 Å². The number of aryl methyl sites for hydroxylation is 1. The second-order valence-electron chi connectivity index (χ2n) is 6.94. The lowest BCUT2D eigenvalue weighted by Gasteiger charge is -2.25. The van der Waals surface area contributed by atoms with Gasteiger partial charge in [-0.1, -0.05) is 6.92 Å². The van der Waals surface area contributed by atoms with Gasteiger partial charge in [-0.25, -0.2) is 0 Å². The number of aromatic hydroxyl groups is 2. The molecule has 0 saturated heterocycles. The fraction of sp³-hybridized carbons (Fsp3) is 0.364. The van der Waals surface area contributed by atoms with Crippen LogP contribution in [-0.2, 0) is 11.2 Å². The van der Waals surface area contributed by atoms with Crippen LogP contribution < -0.4 is 9.64 Å². The smallest absolute Gasteiger partial charge is 0.193 e. The second-order valence-corrected chi connectivity index (χ2v) is 7.34. The van der Waals surface area contributed by atoms with Crippen LogP contribution in [0.4, 0.5) is 5.69 Å². The summed E-state index contributed by atoms with van der Waals surface area (Å²) in [5, 5.41) is 29.3. The van der Waals surface area contributed by atoms with Crippen LogP contribution in [0.15, 0.2) is 35.5 Å². The summed E-state index contributed by atoms with van der Waals surface area (Å²) in [5.74, 6) is 1.12.